The van der Waals surface area contributed by atoms with Gasteiger partial charge in [0, 0.05) is 23.7 Å². The molecule has 2 heterocycles. The quantitative estimate of drug-likeness (QED) is 0.718. The van der Waals surface area contributed by atoms with Crippen LogP contribution in [0.15, 0.2) is 41.1 Å². The second kappa shape index (κ2) is 6.28. The maximum atomic E-state index is 11.1. The van der Waals surface area contributed by atoms with Crippen molar-refractivity contribution in [2.75, 3.05) is 6.61 Å². The number of fused-ring (bicyclic) bond motifs is 3. The molecule has 1 aliphatic carbocycles. The van der Waals surface area contributed by atoms with Gasteiger partial charge in [-0.15, -0.1) is 0 Å². The van der Waals surface area contributed by atoms with Crippen LogP contribution in [0.2, 0.25) is 11.1 Å². The molecular formula is C22H29NO3Si. The molecule has 2 aliphatic rings. The zero-order valence-electron chi connectivity index (χ0n) is 16.8. The van der Waals surface area contributed by atoms with Gasteiger partial charge in [0.05, 0.1) is 5.69 Å². The average molecular weight is 384 g/mol. The summed E-state index contributed by atoms with van der Waals surface area (Å²) in [6.45, 7) is 11.9. The van der Waals surface area contributed by atoms with E-state index in [0.29, 0.717) is 24.1 Å². The summed E-state index contributed by atoms with van der Waals surface area (Å²) in [5.74, 6) is 0.367. The molecule has 5 heteroatoms. The third-order valence-electron chi connectivity index (χ3n) is 6.50. The van der Waals surface area contributed by atoms with Crippen LogP contribution < -0.4 is 0 Å². The van der Waals surface area contributed by atoms with E-state index < -0.39 is 8.32 Å². The van der Waals surface area contributed by atoms with E-state index in [2.05, 4.69) is 34.6 Å². The molecule has 4 nitrogen and oxygen atoms in total. The van der Waals surface area contributed by atoms with Crippen LogP contribution in [-0.4, -0.2) is 29.7 Å². The van der Waals surface area contributed by atoms with E-state index in [1.165, 1.54) is 10.8 Å². The van der Waals surface area contributed by atoms with E-state index in [4.69, 9.17) is 4.43 Å². The molecule has 1 aromatic carbocycles. The summed E-state index contributed by atoms with van der Waals surface area (Å²) in [4.78, 5) is 0. The molecule has 0 saturated carbocycles. The van der Waals surface area contributed by atoms with Gasteiger partial charge in [-0.2, -0.15) is 0 Å². The second-order valence-corrected chi connectivity index (χ2v) is 13.3. The maximum Gasteiger partial charge on any atom is 0.225 e. The lowest BCUT2D eigenvalue weighted by atomic mass is 9.87. The number of aromatic nitrogens is 1. The van der Waals surface area contributed by atoms with Crippen LogP contribution in [0.4, 0.5) is 0 Å². The Morgan fingerprint density at radius 2 is 1.67 bits per heavy atom. The first kappa shape index (κ1) is 18.4. The van der Waals surface area contributed by atoms with Gasteiger partial charge in [0.15, 0.2) is 0 Å². The van der Waals surface area contributed by atoms with Crippen molar-refractivity contribution in [3.05, 3.63) is 52.2 Å². The number of hydrogen-bond donors (Lipinski definition) is 2. The Bertz CT molecular complexity index is 903. The minimum Gasteiger partial charge on any atom is -0.494 e. The van der Waals surface area contributed by atoms with Gasteiger partial charge in [-0.3, -0.25) is 4.57 Å². The molecule has 0 bridgehead atoms. The molecule has 27 heavy (non-hydrogen) atoms. The van der Waals surface area contributed by atoms with Crippen molar-refractivity contribution in [3.63, 3.8) is 0 Å². The fourth-order valence-corrected chi connectivity index (χ4v) is 10.8. The molecular weight excluding hydrogens is 354 g/mol. The minimum absolute atomic E-state index is 0.0566. The van der Waals surface area contributed by atoms with Crippen LogP contribution in [0, 0.1) is 0 Å². The minimum atomic E-state index is -2.11. The first-order chi connectivity index (χ1) is 12.8. The van der Waals surface area contributed by atoms with Crippen molar-refractivity contribution in [2.24, 2.45) is 0 Å². The SMILES string of the molecule is CC1=C2[C@H](CO[Si]2(C(C)C)C(C)C)c2c(c(O)n(-c3ccccc3)c2O)C1. The smallest absolute Gasteiger partial charge is 0.225 e. The van der Waals surface area contributed by atoms with Crippen LogP contribution in [0.1, 0.15) is 51.7 Å². The molecule has 0 unspecified atom stereocenters. The summed E-state index contributed by atoms with van der Waals surface area (Å²) in [6, 6.07) is 9.56. The van der Waals surface area contributed by atoms with Crippen LogP contribution in [-0.2, 0) is 10.8 Å². The summed E-state index contributed by atoms with van der Waals surface area (Å²) in [5.41, 5.74) is 4.76. The van der Waals surface area contributed by atoms with E-state index in [1.807, 2.05) is 30.3 Å². The lowest BCUT2D eigenvalue weighted by Crippen LogP contribution is -2.44. The predicted molar refractivity (Wildman–Crippen MR) is 110 cm³/mol. The molecule has 2 aromatic rings. The monoisotopic (exact) mass is 383 g/mol. The molecule has 0 radical (unpaired) electrons. The van der Waals surface area contributed by atoms with Gasteiger partial charge in [-0.1, -0.05) is 51.5 Å². The highest BCUT2D eigenvalue weighted by molar-refractivity contribution is 6.84. The highest BCUT2D eigenvalue weighted by atomic mass is 28.4. The molecule has 1 aromatic heterocycles. The van der Waals surface area contributed by atoms with Gasteiger partial charge < -0.3 is 14.6 Å². The zero-order valence-corrected chi connectivity index (χ0v) is 17.8. The summed E-state index contributed by atoms with van der Waals surface area (Å²) >= 11 is 0. The molecule has 1 fully saturated rings. The molecule has 1 atom stereocenters. The van der Waals surface area contributed by atoms with Crippen molar-refractivity contribution in [1.82, 2.24) is 4.57 Å². The Hall–Kier alpha value is -1.98. The number of hydrogen-bond acceptors (Lipinski definition) is 3. The standard InChI is InChI=1S/C22H29NO3Si/c1-13(2)27(14(3)4)20-15(5)11-17-19(18(20)12-26-27)22(25)23(21(17)24)16-9-7-6-8-10-16/h6-10,13-14,18,24-25H,11-12H2,1-5H3/t18-/m1/s1. The van der Waals surface area contributed by atoms with Crippen LogP contribution in [0.5, 0.6) is 11.8 Å². The molecule has 4 rings (SSSR count). The third-order valence-corrected chi connectivity index (χ3v) is 12.2. The number of benzene rings is 1. The third kappa shape index (κ3) is 2.37. The van der Waals surface area contributed by atoms with Gasteiger partial charge in [0.1, 0.15) is 0 Å². The fraction of sp³-hybridized carbons (Fsp3) is 0.455. The first-order valence-electron chi connectivity index (χ1n) is 9.85. The van der Waals surface area contributed by atoms with E-state index in [-0.39, 0.29) is 17.7 Å². The normalized spacial score (nSPS) is 21.1. The van der Waals surface area contributed by atoms with Gasteiger partial charge in [-0.25, -0.2) is 0 Å². The van der Waals surface area contributed by atoms with Crippen molar-refractivity contribution >= 4 is 8.32 Å². The number of allylic oxidation sites excluding steroid dienone is 1. The summed E-state index contributed by atoms with van der Waals surface area (Å²) in [7, 11) is -2.11. The van der Waals surface area contributed by atoms with Crippen molar-refractivity contribution in [2.45, 2.75) is 58.0 Å². The molecule has 0 spiro atoms. The van der Waals surface area contributed by atoms with Crippen LogP contribution >= 0.6 is 0 Å². The topological polar surface area (TPSA) is 54.6 Å². The van der Waals surface area contributed by atoms with E-state index in [9.17, 15) is 10.2 Å². The highest BCUT2D eigenvalue weighted by Gasteiger charge is 2.56. The predicted octanol–water partition coefficient (Wildman–Crippen LogP) is 5.18. The Morgan fingerprint density at radius 3 is 2.26 bits per heavy atom. The number of aromatic hydroxyl groups is 2. The van der Waals surface area contributed by atoms with Gasteiger partial charge in [0.25, 0.3) is 0 Å². The first-order valence-corrected chi connectivity index (χ1v) is 11.9. The Balaban J connectivity index is 1.91. The Kier molecular flexibility index (Phi) is 4.27. The summed E-state index contributed by atoms with van der Waals surface area (Å²) in [6.07, 6.45) is 0.679. The Labute approximate surface area is 162 Å². The van der Waals surface area contributed by atoms with Crippen molar-refractivity contribution in [1.29, 1.82) is 0 Å². The number of para-hydroxylation sites is 1. The maximum absolute atomic E-state index is 11.1. The number of rotatable bonds is 3. The van der Waals surface area contributed by atoms with E-state index in [0.717, 1.165) is 16.8 Å². The van der Waals surface area contributed by atoms with Crippen molar-refractivity contribution in [3.8, 4) is 17.4 Å². The van der Waals surface area contributed by atoms with Crippen molar-refractivity contribution < 1.29 is 14.6 Å². The molecule has 1 saturated heterocycles. The van der Waals surface area contributed by atoms with Crippen LogP contribution in [0.25, 0.3) is 5.69 Å². The molecule has 144 valence electrons. The summed E-state index contributed by atoms with van der Waals surface area (Å²) < 4.78 is 8.20. The lowest BCUT2D eigenvalue weighted by molar-refractivity contribution is 0.313. The van der Waals surface area contributed by atoms with Gasteiger partial charge >= 0.3 is 0 Å². The fourth-order valence-electron chi connectivity index (χ4n) is 5.47. The zero-order chi connectivity index (χ0) is 19.5. The molecule has 1 aliphatic heterocycles. The average Bonchev–Trinajstić information content (AvgIpc) is 3.14. The molecule has 2 N–H and O–H groups in total. The van der Waals surface area contributed by atoms with Gasteiger partial charge in [-0.05, 0) is 41.8 Å². The Morgan fingerprint density at radius 1 is 1.04 bits per heavy atom. The highest BCUT2D eigenvalue weighted by Crippen LogP contribution is 2.57. The molecule has 0 amide bonds. The lowest BCUT2D eigenvalue weighted by Gasteiger charge is -2.38. The largest absolute Gasteiger partial charge is 0.494 e. The van der Waals surface area contributed by atoms with Gasteiger partial charge in [0.2, 0.25) is 20.1 Å². The van der Waals surface area contributed by atoms with Crippen LogP contribution in [0.3, 0.4) is 0 Å². The number of nitrogens with zero attached hydrogens (tertiary/aromatic N) is 1. The van der Waals surface area contributed by atoms with E-state index >= 15 is 0 Å². The summed E-state index contributed by atoms with van der Waals surface area (Å²) in [5, 5.41) is 23.5. The van der Waals surface area contributed by atoms with E-state index in [1.54, 1.807) is 4.57 Å². The second-order valence-electron chi connectivity index (χ2n) is 8.55.